The van der Waals surface area contributed by atoms with Crippen LogP contribution in [-0.2, 0) is 12.8 Å². The maximum atomic E-state index is 5.81. The summed E-state index contributed by atoms with van der Waals surface area (Å²) < 4.78 is 5.81. The van der Waals surface area contributed by atoms with Gasteiger partial charge in [-0.2, -0.15) is 0 Å². The molecule has 2 aliphatic rings. The Morgan fingerprint density at radius 1 is 1.10 bits per heavy atom. The van der Waals surface area contributed by atoms with Gasteiger partial charge in [-0.15, -0.1) is 0 Å². The van der Waals surface area contributed by atoms with Crippen LogP contribution in [0.15, 0.2) is 42.5 Å². The summed E-state index contributed by atoms with van der Waals surface area (Å²) in [6.07, 6.45) is 2.51. The molecule has 0 saturated heterocycles. The Morgan fingerprint density at radius 2 is 1.95 bits per heavy atom. The summed E-state index contributed by atoms with van der Waals surface area (Å²) in [7, 11) is 2.07. The average molecular weight is 279 g/mol. The van der Waals surface area contributed by atoms with Crippen molar-refractivity contribution in [1.82, 2.24) is 5.32 Å². The monoisotopic (exact) mass is 279 g/mol. The largest absolute Gasteiger partial charge is 0.490 e. The quantitative estimate of drug-likeness (QED) is 0.926. The number of ether oxygens (including phenoxy) is 1. The second-order valence-corrected chi connectivity index (χ2v) is 6.28. The highest BCUT2D eigenvalue weighted by atomic mass is 16.5. The van der Waals surface area contributed by atoms with Gasteiger partial charge in [-0.3, -0.25) is 0 Å². The number of rotatable bonds is 3. The zero-order valence-electron chi connectivity index (χ0n) is 12.6. The molecule has 0 aromatic heterocycles. The molecule has 3 unspecified atom stereocenters. The Hall–Kier alpha value is -1.80. The lowest BCUT2D eigenvalue weighted by Gasteiger charge is -2.37. The minimum absolute atomic E-state index is 0.313. The van der Waals surface area contributed by atoms with Crippen LogP contribution in [0.3, 0.4) is 0 Å². The van der Waals surface area contributed by atoms with Crippen LogP contribution in [0.5, 0.6) is 5.75 Å². The molecule has 0 radical (unpaired) electrons. The van der Waals surface area contributed by atoms with E-state index in [0.29, 0.717) is 18.1 Å². The van der Waals surface area contributed by atoms with Gasteiger partial charge in [0.05, 0.1) is 0 Å². The van der Waals surface area contributed by atoms with Crippen LogP contribution in [0.1, 0.15) is 41.1 Å². The maximum absolute atomic E-state index is 5.81. The lowest BCUT2D eigenvalue weighted by atomic mass is 9.71. The fourth-order valence-corrected chi connectivity index (χ4v) is 3.83. The lowest BCUT2D eigenvalue weighted by molar-refractivity contribution is 0.254. The zero-order chi connectivity index (χ0) is 14.4. The highest BCUT2D eigenvalue weighted by molar-refractivity contribution is 5.46. The van der Waals surface area contributed by atoms with E-state index in [0.717, 1.165) is 12.2 Å². The van der Waals surface area contributed by atoms with E-state index < -0.39 is 0 Å². The first-order valence-corrected chi connectivity index (χ1v) is 7.81. The van der Waals surface area contributed by atoms with E-state index in [-0.39, 0.29) is 0 Å². The third kappa shape index (κ3) is 2.06. The predicted octanol–water partition coefficient (Wildman–Crippen LogP) is 3.61. The number of hydrogen-bond donors (Lipinski definition) is 1. The SMILES string of the molecule is CNC(c1ccc2c(c1)CC(C)O2)C1Cc2ccccc21. The van der Waals surface area contributed by atoms with E-state index in [4.69, 9.17) is 4.74 Å². The van der Waals surface area contributed by atoms with Crippen molar-refractivity contribution >= 4 is 0 Å². The van der Waals surface area contributed by atoms with Crippen LogP contribution in [0.2, 0.25) is 0 Å². The van der Waals surface area contributed by atoms with Gasteiger partial charge in [0.1, 0.15) is 11.9 Å². The normalized spacial score (nSPS) is 23.7. The van der Waals surface area contributed by atoms with E-state index in [1.165, 1.54) is 28.7 Å². The second-order valence-electron chi connectivity index (χ2n) is 6.28. The smallest absolute Gasteiger partial charge is 0.123 e. The molecule has 1 aliphatic carbocycles. The van der Waals surface area contributed by atoms with Gasteiger partial charge in [-0.25, -0.2) is 0 Å². The first kappa shape index (κ1) is 12.9. The number of fused-ring (bicyclic) bond motifs is 2. The molecule has 2 aromatic rings. The van der Waals surface area contributed by atoms with Crippen molar-refractivity contribution in [3.05, 3.63) is 64.7 Å². The zero-order valence-corrected chi connectivity index (χ0v) is 12.6. The topological polar surface area (TPSA) is 21.3 Å². The number of hydrogen-bond acceptors (Lipinski definition) is 2. The van der Waals surface area contributed by atoms with E-state index in [1.54, 1.807) is 0 Å². The van der Waals surface area contributed by atoms with E-state index >= 15 is 0 Å². The van der Waals surface area contributed by atoms with Crippen LogP contribution in [0.25, 0.3) is 0 Å². The molecule has 108 valence electrons. The van der Waals surface area contributed by atoms with Crippen molar-refractivity contribution in [3.8, 4) is 5.75 Å². The second kappa shape index (κ2) is 4.88. The Labute approximate surface area is 126 Å². The van der Waals surface area contributed by atoms with Crippen molar-refractivity contribution in [1.29, 1.82) is 0 Å². The molecule has 21 heavy (non-hydrogen) atoms. The summed E-state index contributed by atoms with van der Waals surface area (Å²) in [6.45, 7) is 2.14. The number of nitrogens with one attached hydrogen (secondary N) is 1. The van der Waals surface area contributed by atoms with Crippen LogP contribution in [0.4, 0.5) is 0 Å². The fraction of sp³-hybridized carbons (Fsp3) is 0.368. The van der Waals surface area contributed by atoms with Gasteiger partial charge >= 0.3 is 0 Å². The average Bonchev–Trinajstić information content (AvgIpc) is 2.84. The molecule has 0 amide bonds. The van der Waals surface area contributed by atoms with Gasteiger partial charge < -0.3 is 10.1 Å². The number of likely N-dealkylation sites (N-methyl/N-ethyl adjacent to an activating group) is 1. The molecular weight excluding hydrogens is 258 g/mol. The lowest BCUT2D eigenvalue weighted by Crippen LogP contribution is -2.31. The first-order valence-electron chi connectivity index (χ1n) is 7.81. The Morgan fingerprint density at radius 3 is 2.76 bits per heavy atom. The molecule has 0 fully saturated rings. The van der Waals surface area contributed by atoms with E-state index in [2.05, 4.69) is 61.8 Å². The van der Waals surface area contributed by atoms with Crippen molar-refractivity contribution in [2.24, 2.45) is 0 Å². The Balaban J connectivity index is 1.65. The summed E-state index contributed by atoms with van der Waals surface area (Å²) in [5.41, 5.74) is 5.74. The third-order valence-electron chi connectivity index (χ3n) is 4.89. The highest BCUT2D eigenvalue weighted by Gasteiger charge is 2.33. The molecule has 0 spiro atoms. The van der Waals surface area contributed by atoms with Gasteiger partial charge in [0, 0.05) is 18.4 Å². The predicted molar refractivity (Wildman–Crippen MR) is 84.9 cm³/mol. The van der Waals surface area contributed by atoms with Crippen LogP contribution >= 0.6 is 0 Å². The van der Waals surface area contributed by atoms with Gasteiger partial charge in [-0.05, 0) is 48.7 Å². The summed E-state index contributed by atoms with van der Waals surface area (Å²) in [5, 5.41) is 3.52. The molecule has 2 heteroatoms. The minimum atomic E-state index is 0.313. The molecule has 1 heterocycles. The maximum Gasteiger partial charge on any atom is 0.123 e. The third-order valence-corrected chi connectivity index (χ3v) is 4.89. The molecule has 3 atom stereocenters. The van der Waals surface area contributed by atoms with E-state index in [1.807, 2.05) is 0 Å². The first-order chi connectivity index (χ1) is 10.3. The molecule has 0 bridgehead atoms. The minimum Gasteiger partial charge on any atom is -0.490 e. The summed E-state index contributed by atoms with van der Waals surface area (Å²) >= 11 is 0. The number of benzene rings is 2. The van der Waals surface area contributed by atoms with Crippen LogP contribution in [-0.4, -0.2) is 13.2 Å². The summed E-state index contributed by atoms with van der Waals surface area (Å²) in [6, 6.07) is 15.9. The standard InChI is InChI=1S/C19H21NO/c1-12-9-15-10-14(7-8-18(15)21-12)19(20-2)17-11-13-5-3-4-6-16(13)17/h3-8,10,12,17,19-20H,9,11H2,1-2H3. The molecule has 1 N–H and O–H groups in total. The molecule has 4 rings (SSSR count). The van der Waals surface area contributed by atoms with Crippen molar-refractivity contribution < 1.29 is 4.74 Å². The summed E-state index contributed by atoms with van der Waals surface area (Å²) in [4.78, 5) is 0. The van der Waals surface area contributed by atoms with Gasteiger partial charge in [0.15, 0.2) is 0 Å². The van der Waals surface area contributed by atoms with Crippen LogP contribution in [0, 0.1) is 0 Å². The Bertz CT molecular complexity index is 679. The van der Waals surface area contributed by atoms with Gasteiger partial charge in [0.2, 0.25) is 0 Å². The molecule has 2 aromatic carbocycles. The molecule has 0 saturated carbocycles. The summed E-state index contributed by atoms with van der Waals surface area (Å²) in [5.74, 6) is 1.65. The van der Waals surface area contributed by atoms with Gasteiger partial charge in [-0.1, -0.05) is 36.4 Å². The van der Waals surface area contributed by atoms with Crippen molar-refractivity contribution in [2.75, 3.05) is 7.05 Å². The molecule has 1 aliphatic heterocycles. The molecule has 2 nitrogen and oxygen atoms in total. The van der Waals surface area contributed by atoms with E-state index in [9.17, 15) is 0 Å². The van der Waals surface area contributed by atoms with Crippen LogP contribution < -0.4 is 10.1 Å². The highest BCUT2D eigenvalue weighted by Crippen LogP contribution is 2.44. The van der Waals surface area contributed by atoms with Crippen molar-refractivity contribution in [3.63, 3.8) is 0 Å². The Kier molecular flexibility index (Phi) is 3.00. The fourth-order valence-electron chi connectivity index (χ4n) is 3.83. The molecular formula is C19H21NO. The van der Waals surface area contributed by atoms with Crippen molar-refractivity contribution in [2.45, 2.75) is 37.8 Å². The van der Waals surface area contributed by atoms with Gasteiger partial charge in [0.25, 0.3) is 0 Å².